The van der Waals surface area contributed by atoms with Gasteiger partial charge in [0.1, 0.15) is 11.9 Å². The Hall–Kier alpha value is -1.04. The van der Waals surface area contributed by atoms with E-state index in [0.29, 0.717) is 22.0 Å². The molecule has 0 bridgehead atoms. The zero-order valence-electron chi connectivity index (χ0n) is 9.89. The molecule has 0 aliphatic heterocycles. The van der Waals surface area contributed by atoms with Crippen LogP contribution in [0.1, 0.15) is 17.4 Å². The summed E-state index contributed by atoms with van der Waals surface area (Å²) in [7, 11) is 3.33. The van der Waals surface area contributed by atoms with Gasteiger partial charge in [-0.2, -0.15) is 5.10 Å². The Morgan fingerprint density at radius 1 is 1.50 bits per heavy atom. The first-order valence-electron chi connectivity index (χ1n) is 5.23. The number of halogens is 2. The molecule has 1 N–H and O–H groups in total. The second kappa shape index (κ2) is 5.30. The molecule has 0 aliphatic rings. The molecule has 0 fully saturated rings. The smallest absolute Gasteiger partial charge is 0.133 e. The molecule has 4 nitrogen and oxygen atoms in total. The molecule has 1 heterocycles. The molecule has 2 rings (SSSR count). The van der Waals surface area contributed by atoms with E-state index in [2.05, 4.69) is 21.0 Å². The van der Waals surface area contributed by atoms with Gasteiger partial charge in [-0.25, -0.2) is 0 Å². The van der Waals surface area contributed by atoms with Gasteiger partial charge in [0.15, 0.2) is 0 Å². The number of methoxy groups -OCH3 is 1. The molecule has 96 valence electrons. The second-order valence-corrected chi connectivity index (χ2v) is 5.06. The van der Waals surface area contributed by atoms with Crippen LogP contribution in [0.4, 0.5) is 0 Å². The summed E-state index contributed by atoms with van der Waals surface area (Å²) in [5.74, 6) is 0.710. The first-order chi connectivity index (χ1) is 8.54. The fourth-order valence-electron chi connectivity index (χ4n) is 1.74. The fourth-order valence-corrected chi connectivity index (χ4v) is 2.57. The van der Waals surface area contributed by atoms with Gasteiger partial charge in [-0.15, -0.1) is 0 Å². The summed E-state index contributed by atoms with van der Waals surface area (Å²) >= 11 is 9.39. The molecule has 0 saturated carbocycles. The van der Waals surface area contributed by atoms with Gasteiger partial charge >= 0.3 is 0 Å². The third kappa shape index (κ3) is 2.39. The number of nitrogens with zero attached hydrogens (tertiary/aromatic N) is 2. The summed E-state index contributed by atoms with van der Waals surface area (Å²) in [5.41, 5.74) is 1.28. The van der Waals surface area contributed by atoms with E-state index in [0.717, 1.165) is 4.47 Å². The van der Waals surface area contributed by atoms with Crippen molar-refractivity contribution >= 4 is 27.5 Å². The lowest BCUT2D eigenvalue weighted by molar-refractivity contribution is 0.209. The highest BCUT2D eigenvalue weighted by Gasteiger charge is 2.19. The molecular formula is C12H12BrClN2O2. The zero-order valence-corrected chi connectivity index (χ0v) is 12.2. The Morgan fingerprint density at radius 3 is 2.72 bits per heavy atom. The quantitative estimate of drug-likeness (QED) is 0.940. The maximum absolute atomic E-state index is 10.3. The molecule has 18 heavy (non-hydrogen) atoms. The minimum Gasteiger partial charge on any atom is -0.496 e. The van der Waals surface area contributed by atoms with Gasteiger partial charge in [0.25, 0.3) is 0 Å². The van der Waals surface area contributed by atoms with E-state index in [4.69, 9.17) is 16.3 Å². The van der Waals surface area contributed by atoms with Crippen LogP contribution in [-0.2, 0) is 7.05 Å². The molecule has 0 amide bonds. The van der Waals surface area contributed by atoms with Crippen LogP contribution >= 0.6 is 27.5 Å². The van der Waals surface area contributed by atoms with E-state index in [-0.39, 0.29) is 0 Å². The van der Waals surface area contributed by atoms with Crippen LogP contribution in [0.15, 0.2) is 28.9 Å². The van der Waals surface area contributed by atoms with E-state index in [9.17, 15) is 5.11 Å². The number of ether oxygens (including phenoxy) is 1. The lowest BCUT2D eigenvalue weighted by Gasteiger charge is -2.13. The first kappa shape index (κ1) is 13.4. The predicted molar refractivity (Wildman–Crippen MR) is 73.0 cm³/mol. The summed E-state index contributed by atoms with van der Waals surface area (Å²) in [6.45, 7) is 0. The fraction of sp³-hybridized carbons (Fsp3) is 0.250. The van der Waals surface area contributed by atoms with Crippen molar-refractivity contribution in [3.8, 4) is 5.75 Å². The topological polar surface area (TPSA) is 47.3 Å². The number of aliphatic hydroxyl groups excluding tert-OH is 1. The van der Waals surface area contributed by atoms with Crippen LogP contribution in [0, 0.1) is 0 Å². The highest BCUT2D eigenvalue weighted by Crippen LogP contribution is 2.32. The average Bonchev–Trinajstić information content (AvgIpc) is 2.68. The number of aryl methyl sites for hydroxylation is 1. The summed E-state index contributed by atoms with van der Waals surface area (Å²) in [6, 6.07) is 5.37. The Morgan fingerprint density at radius 2 is 2.22 bits per heavy atom. The van der Waals surface area contributed by atoms with Gasteiger partial charge in [0.2, 0.25) is 0 Å². The van der Waals surface area contributed by atoms with Crippen molar-refractivity contribution in [1.29, 1.82) is 0 Å². The molecule has 2 aromatic rings. The lowest BCUT2D eigenvalue weighted by Crippen LogP contribution is -2.07. The largest absolute Gasteiger partial charge is 0.496 e. The van der Waals surface area contributed by atoms with Crippen molar-refractivity contribution in [3.63, 3.8) is 0 Å². The minimum absolute atomic E-state index is 0.442. The molecule has 0 saturated heterocycles. The van der Waals surface area contributed by atoms with Crippen LogP contribution in [-0.4, -0.2) is 22.0 Å². The molecular weight excluding hydrogens is 320 g/mol. The Bertz CT molecular complexity index is 552. The molecule has 0 aliphatic carbocycles. The van der Waals surface area contributed by atoms with Gasteiger partial charge in [-0.3, -0.25) is 4.68 Å². The van der Waals surface area contributed by atoms with Gasteiger partial charge in [-0.05, 0) is 33.6 Å². The summed E-state index contributed by atoms with van der Waals surface area (Å²) in [5, 5.41) is 14.8. The maximum Gasteiger partial charge on any atom is 0.133 e. The van der Waals surface area contributed by atoms with Crippen LogP contribution in [0.2, 0.25) is 5.02 Å². The lowest BCUT2D eigenvalue weighted by atomic mass is 10.1. The van der Waals surface area contributed by atoms with E-state index < -0.39 is 6.10 Å². The van der Waals surface area contributed by atoms with Crippen LogP contribution < -0.4 is 4.74 Å². The normalized spacial score (nSPS) is 12.5. The van der Waals surface area contributed by atoms with Gasteiger partial charge in [0.05, 0.1) is 28.5 Å². The van der Waals surface area contributed by atoms with Crippen LogP contribution in [0.5, 0.6) is 5.75 Å². The molecule has 1 aromatic carbocycles. The van der Waals surface area contributed by atoms with Gasteiger partial charge in [-0.1, -0.05) is 17.7 Å². The molecule has 0 radical (unpaired) electrons. The van der Waals surface area contributed by atoms with Crippen molar-refractivity contribution < 1.29 is 9.84 Å². The minimum atomic E-state index is -0.827. The second-order valence-electron chi connectivity index (χ2n) is 3.80. The predicted octanol–water partition coefficient (Wildman–Crippen LogP) is 2.93. The molecule has 6 heteroatoms. The van der Waals surface area contributed by atoms with Crippen LogP contribution in [0.25, 0.3) is 0 Å². The highest BCUT2D eigenvalue weighted by molar-refractivity contribution is 9.10. The SMILES string of the molecule is COc1ccc(C(O)c2c(Cl)cnn2C)cc1Br. The van der Waals surface area contributed by atoms with Crippen molar-refractivity contribution in [3.05, 3.63) is 45.1 Å². The van der Waals surface area contributed by atoms with Gasteiger partial charge in [0, 0.05) is 7.05 Å². The maximum atomic E-state index is 10.3. The molecule has 1 aromatic heterocycles. The van der Waals surface area contributed by atoms with Crippen molar-refractivity contribution in [2.24, 2.45) is 7.05 Å². The number of rotatable bonds is 3. The van der Waals surface area contributed by atoms with E-state index in [1.165, 1.54) is 6.20 Å². The number of aromatic nitrogens is 2. The van der Waals surface area contributed by atoms with Crippen molar-refractivity contribution in [2.45, 2.75) is 6.10 Å². The highest BCUT2D eigenvalue weighted by atomic mass is 79.9. The Kier molecular flexibility index (Phi) is 3.94. The molecule has 1 atom stereocenters. The van der Waals surface area contributed by atoms with E-state index >= 15 is 0 Å². The van der Waals surface area contributed by atoms with Gasteiger partial charge < -0.3 is 9.84 Å². The summed E-state index contributed by atoms with van der Waals surface area (Å²) in [6.07, 6.45) is 0.686. The third-order valence-corrected chi connectivity index (χ3v) is 3.60. The number of benzene rings is 1. The first-order valence-corrected chi connectivity index (χ1v) is 6.40. The van der Waals surface area contributed by atoms with Crippen molar-refractivity contribution in [2.75, 3.05) is 7.11 Å². The van der Waals surface area contributed by atoms with E-state index in [1.807, 2.05) is 0 Å². The summed E-state index contributed by atoms with van der Waals surface area (Å²) < 4.78 is 7.48. The Labute approximate surface area is 118 Å². The molecule has 0 spiro atoms. The third-order valence-electron chi connectivity index (χ3n) is 2.69. The zero-order chi connectivity index (χ0) is 13.3. The van der Waals surface area contributed by atoms with E-state index in [1.54, 1.807) is 37.0 Å². The van der Waals surface area contributed by atoms with Crippen molar-refractivity contribution in [1.82, 2.24) is 9.78 Å². The number of hydrogen-bond donors (Lipinski definition) is 1. The number of hydrogen-bond acceptors (Lipinski definition) is 3. The number of aliphatic hydroxyl groups is 1. The summed E-state index contributed by atoms with van der Waals surface area (Å²) in [4.78, 5) is 0. The monoisotopic (exact) mass is 330 g/mol. The average molecular weight is 332 g/mol. The standard InChI is InChI=1S/C12H12BrClN2O2/c1-16-11(9(14)6-15-16)12(17)7-3-4-10(18-2)8(13)5-7/h3-6,12,17H,1-2H3. The Balaban J connectivity index is 2.40. The van der Waals surface area contributed by atoms with Crippen LogP contribution in [0.3, 0.4) is 0 Å². The molecule has 1 unspecified atom stereocenters.